The van der Waals surface area contributed by atoms with Crippen molar-refractivity contribution in [1.82, 2.24) is 10.3 Å². The fourth-order valence-corrected chi connectivity index (χ4v) is 3.86. The number of nitriles is 1. The Morgan fingerprint density at radius 3 is 2.45 bits per heavy atom. The van der Waals surface area contributed by atoms with E-state index < -0.39 is 0 Å². The number of nitrogens with one attached hydrogen (secondary N) is 2. The average molecular weight is 391 g/mol. The minimum Gasteiger partial charge on any atom is -0.346 e. The van der Waals surface area contributed by atoms with Crippen molar-refractivity contribution in [2.45, 2.75) is 45.6 Å². The number of rotatable bonds is 7. The Bertz CT molecular complexity index is 897. The molecule has 1 aromatic carbocycles. The number of piperidine rings is 1. The number of benzene rings is 1. The second-order valence-corrected chi connectivity index (χ2v) is 7.82. The molecular formula is C24H30N4O. The van der Waals surface area contributed by atoms with E-state index in [2.05, 4.69) is 28.3 Å². The first-order valence-electron chi connectivity index (χ1n) is 10.6. The molecule has 1 aromatic heterocycles. The van der Waals surface area contributed by atoms with Gasteiger partial charge in [-0.25, -0.2) is 0 Å². The van der Waals surface area contributed by atoms with E-state index in [0.29, 0.717) is 0 Å². The smallest absolute Gasteiger partial charge is 0.166 e. The Hall–Kier alpha value is -2.71. The Morgan fingerprint density at radius 1 is 1.17 bits per heavy atom. The molecule has 1 unspecified atom stereocenters. The molecule has 5 heteroatoms. The SMILES string of the molecule is CCC[C@@H](C#N)C(C)/N=c1/ccc(-c2ccc(C(=O)C3CCNCC3)cc2)c[nH]1. The minimum atomic E-state index is -0.0573. The number of H-pyrrole nitrogens is 1. The Balaban J connectivity index is 1.70. The Kier molecular flexibility index (Phi) is 7.37. The summed E-state index contributed by atoms with van der Waals surface area (Å²) in [7, 11) is 0. The number of hydrogen-bond donors (Lipinski definition) is 2. The lowest BCUT2D eigenvalue weighted by atomic mass is 9.89. The molecule has 0 bridgehead atoms. The zero-order valence-electron chi connectivity index (χ0n) is 17.3. The van der Waals surface area contributed by atoms with Crippen molar-refractivity contribution in [1.29, 1.82) is 5.26 Å². The summed E-state index contributed by atoms with van der Waals surface area (Å²) in [6, 6.07) is 14.2. The summed E-state index contributed by atoms with van der Waals surface area (Å²) in [6.45, 7) is 5.93. The van der Waals surface area contributed by atoms with Crippen molar-refractivity contribution in [2.75, 3.05) is 13.1 Å². The van der Waals surface area contributed by atoms with Crippen LogP contribution in [-0.4, -0.2) is 29.9 Å². The average Bonchev–Trinajstić information content (AvgIpc) is 2.78. The molecule has 5 nitrogen and oxygen atoms in total. The normalized spacial score (nSPS) is 17.5. The van der Waals surface area contributed by atoms with Crippen LogP contribution < -0.4 is 10.8 Å². The molecule has 1 aliphatic heterocycles. The summed E-state index contributed by atoms with van der Waals surface area (Å²) < 4.78 is 0. The number of carbonyl (C=O) groups excluding carboxylic acids is 1. The van der Waals surface area contributed by atoms with Crippen molar-refractivity contribution in [2.24, 2.45) is 16.8 Å². The van der Waals surface area contributed by atoms with Gasteiger partial charge in [0, 0.05) is 17.7 Å². The maximum atomic E-state index is 12.7. The Morgan fingerprint density at radius 2 is 1.86 bits per heavy atom. The molecule has 0 radical (unpaired) electrons. The molecule has 1 fully saturated rings. The van der Waals surface area contributed by atoms with Gasteiger partial charge < -0.3 is 10.3 Å². The monoisotopic (exact) mass is 390 g/mol. The van der Waals surface area contributed by atoms with Crippen molar-refractivity contribution in [3.63, 3.8) is 0 Å². The number of nitrogens with zero attached hydrogens (tertiary/aromatic N) is 2. The molecule has 0 saturated carbocycles. The molecule has 0 amide bonds. The molecule has 0 spiro atoms. The lowest BCUT2D eigenvalue weighted by Crippen LogP contribution is -2.31. The molecule has 0 aliphatic carbocycles. The first-order valence-corrected chi connectivity index (χ1v) is 10.6. The third-order valence-corrected chi connectivity index (χ3v) is 5.70. The summed E-state index contributed by atoms with van der Waals surface area (Å²) in [5.74, 6) is 0.341. The molecule has 29 heavy (non-hydrogen) atoms. The van der Waals surface area contributed by atoms with Gasteiger partial charge in [-0.2, -0.15) is 5.26 Å². The highest BCUT2D eigenvalue weighted by atomic mass is 16.1. The summed E-state index contributed by atoms with van der Waals surface area (Å²) in [4.78, 5) is 20.5. The zero-order valence-corrected chi connectivity index (χ0v) is 17.3. The van der Waals surface area contributed by atoms with Crippen molar-refractivity contribution in [3.8, 4) is 17.2 Å². The lowest BCUT2D eigenvalue weighted by Gasteiger charge is -2.21. The van der Waals surface area contributed by atoms with Crippen LogP contribution in [0.2, 0.25) is 0 Å². The first kappa shape index (κ1) is 21.0. The van der Waals surface area contributed by atoms with Crippen LogP contribution in [0.4, 0.5) is 0 Å². The highest BCUT2D eigenvalue weighted by Gasteiger charge is 2.22. The fourth-order valence-electron chi connectivity index (χ4n) is 3.86. The van der Waals surface area contributed by atoms with E-state index in [-0.39, 0.29) is 23.7 Å². The predicted octanol–water partition coefficient (Wildman–Crippen LogP) is 4.09. The molecule has 1 saturated heterocycles. The highest BCUT2D eigenvalue weighted by Crippen LogP contribution is 2.22. The van der Waals surface area contributed by atoms with Gasteiger partial charge in [0.05, 0.1) is 18.0 Å². The Labute approximate surface area is 172 Å². The van der Waals surface area contributed by atoms with Crippen LogP contribution in [-0.2, 0) is 0 Å². The highest BCUT2D eigenvalue weighted by molar-refractivity contribution is 5.98. The van der Waals surface area contributed by atoms with E-state index >= 15 is 0 Å². The van der Waals surface area contributed by atoms with Crippen LogP contribution in [0.25, 0.3) is 11.1 Å². The number of Topliss-reactive ketones (excluding diaryl/α,β-unsaturated/α-hetero) is 1. The van der Waals surface area contributed by atoms with Gasteiger partial charge in [-0.05, 0) is 62.5 Å². The molecule has 1 aliphatic rings. The van der Waals surface area contributed by atoms with E-state index in [4.69, 9.17) is 0 Å². The first-order chi connectivity index (χ1) is 14.1. The number of ketones is 1. The summed E-state index contributed by atoms with van der Waals surface area (Å²) in [5.41, 5.74) is 3.67. The van der Waals surface area contributed by atoms with Gasteiger partial charge in [0.15, 0.2) is 5.78 Å². The fraction of sp³-hybridized carbons (Fsp3) is 0.458. The van der Waals surface area contributed by atoms with Crippen molar-refractivity contribution in [3.05, 3.63) is 53.6 Å². The number of pyridine rings is 1. The van der Waals surface area contributed by atoms with E-state index in [1.165, 1.54) is 0 Å². The standard InChI is InChI=1S/C24H30N4O/c1-3-4-21(15-25)17(2)28-23-10-9-22(16-27-23)18-5-7-19(8-6-18)24(29)20-11-13-26-14-12-20/h5-10,16-17,20-21,26H,3-4,11-14H2,1-2H3,(H,27,28)/t17?,21-/m0/s1. The van der Waals surface area contributed by atoms with Crippen LogP contribution in [0.3, 0.4) is 0 Å². The van der Waals surface area contributed by atoms with Crippen LogP contribution in [0, 0.1) is 23.2 Å². The summed E-state index contributed by atoms with van der Waals surface area (Å²) >= 11 is 0. The zero-order chi connectivity index (χ0) is 20.6. The quantitative estimate of drug-likeness (QED) is 0.699. The van der Waals surface area contributed by atoms with Gasteiger partial charge >= 0.3 is 0 Å². The largest absolute Gasteiger partial charge is 0.346 e. The van der Waals surface area contributed by atoms with E-state index in [0.717, 1.165) is 61.0 Å². The topological polar surface area (TPSA) is 81.0 Å². The predicted molar refractivity (Wildman–Crippen MR) is 115 cm³/mol. The van der Waals surface area contributed by atoms with E-state index in [1.54, 1.807) is 0 Å². The van der Waals surface area contributed by atoms with E-state index in [1.807, 2.05) is 49.5 Å². The van der Waals surface area contributed by atoms with Gasteiger partial charge in [-0.3, -0.25) is 9.79 Å². The van der Waals surface area contributed by atoms with Gasteiger partial charge in [0.25, 0.3) is 0 Å². The van der Waals surface area contributed by atoms with Gasteiger partial charge in [-0.15, -0.1) is 0 Å². The number of hydrogen-bond acceptors (Lipinski definition) is 4. The second kappa shape index (κ2) is 10.2. The van der Waals surface area contributed by atoms with Crippen LogP contribution >= 0.6 is 0 Å². The van der Waals surface area contributed by atoms with Gasteiger partial charge in [0.1, 0.15) is 5.49 Å². The molecule has 3 rings (SSSR count). The van der Waals surface area contributed by atoms with Crippen molar-refractivity contribution >= 4 is 5.78 Å². The molecular weight excluding hydrogens is 360 g/mol. The molecule has 2 aromatic rings. The minimum absolute atomic E-state index is 0.0395. The molecule has 2 N–H and O–H groups in total. The van der Waals surface area contributed by atoms with Crippen LogP contribution in [0.15, 0.2) is 47.6 Å². The number of aromatic nitrogens is 1. The maximum Gasteiger partial charge on any atom is 0.166 e. The second-order valence-electron chi connectivity index (χ2n) is 7.82. The molecule has 2 atom stereocenters. The van der Waals surface area contributed by atoms with Gasteiger partial charge in [0.2, 0.25) is 0 Å². The third-order valence-electron chi connectivity index (χ3n) is 5.70. The maximum absolute atomic E-state index is 12.7. The van der Waals surface area contributed by atoms with Crippen LogP contribution in [0.5, 0.6) is 0 Å². The molecule has 2 heterocycles. The number of aromatic amines is 1. The van der Waals surface area contributed by atoms with Gasteiger partial charge in [-0.1, -0.05) is 37.6 Å². The third kappa shape index (κ3) is 5.42. The van der Waals surface area contributed by atoms with Crippen LogP contribution in [0.1, 0.15) is 49.9 Å². The number of carbonyl (C=O) groups is 1. The van der Waals surface area contributed by atoms with E-state index in [9.17, 15) is 10.1 Å². The van der Waals surface area contributed by atoms with Crippen molar-refractivity contribution < 1.29 is 4.79 Å². The summed E-state index contributed by atoms with van der Waals surface area (Å²) in [6.07, 6.45) is 5.61. The molecule has 152 valence electrons. The lowest BCUT2D eigenvalue weighted by molar-refractivity contribution is 0.0895. The summed E-state index contributed by atoms with van der Waals surface area (Å²) in [5, 5.41) is 12.6.